The second kappa shape index (κ2) is 5.33. The van der Waals surface area contributed by atoms with Crippen LogP contribution in [-0.4, -0.2) is 37.6 Å². The predicted octanol–water partition coefficient (Wildman–Crippen LogP) is 2.29. The van der Waals surface area contributed by atoms with Crippen LogP contribution in [0.4, 0.5) is 0 Å². The van der Waals surface area contributed by atoms with Crippen molar-refractivity contribution < 1.29 is 9.90 Å². The van der Waals surface area contributed by atoms with E-state index in [-0.39, 0.29) is 0 Å². The quantitative estimate of drug-likeness (QED) is 0.907. The molecular weight excluding hydrogens is 242 g/mol. The van der Waals surface area contributed by atoms with E-state index in [0.717, 1.165) is 31.5 Å². The average Bonchev–Trinajstić information content (AvgIpc) is 2.80. The number of carboxylic acid groups (broad SMARTS) is 1. The third-order valence-electron chi connectivity index (χ3n) is 4.16. The van der Waals surface area contributed by atoms with Crippen molar-refractivity contribution in [1.82, 2.24) is 14.5 Å². The van der Waals surface area contributed by atoms with E-state index in [1.54, 1.807) is 0 Å². The van der Waals surface area contributed by atoms with Gasteiger partial charge in [0.15, 0.2) is 0 Å². The van der Waals surface area contributed by atoms with Gasteiger partial charge in [0.05, 0.1) is 12.0 Å². The number of hydrogen-bond acceptors (Lipinski definition) is 3. The molecular formula is C14H23N3O2. The highest BCUT2D eigenvalue weighted by Crippen LogP contribution is 2.30. The fourth-order valence-electron chi connectivity index (χ4n) is 2.79. The first-order valence-corrected chi connectivity index (χ1v) is 6.94. The number of rotatable bonds is 4. The number of hydrogen-bond donors (Lipinski definition) is 1. The van der Waals surface area contributed by atoms with E-state index in [2.05, 4.69) is 28.3 Å². The Bertz CT molecular complexity index is 455. The first kappa shape index (κ1) is 14.1. The summed E-state index contributed by atoms with van der Waals surface area (Å²) in [5.41, 5.74) is 0.342. The average molecular weight is 265 g/mol. The number of carbonyl (C=O) groups is 1. The van der Waals surface area contributed by atoms with Gasteiger partial charge in [0.25, 0.3) is 0 Å². The minimum atomic E-state index is -0.746. The van der Waals surface area contributed by atoms with Gasteiger partial charge in [0.2, 0.25) is 0 Å². The number of carboxylic acids is 1. The lowest BCUT2D eigenvalue weighted by Gasteiger charge is -2.41. The molecule has 1 fully saturated rings. The summed E-state index contributed by atoms with van der Waals surface area (Å²) in [6, 6.07) is 0.346. The van der Waals surface area contributed by atoms with Gasteiger partial charge in [-0.3, -0.25) is 9.69 Å². The van der Waals surface area contributed by atoms with Gasteiger partial charge in [-0.2, -0.15) is 0 Å². The first-order chi connectivity index (χ1) is 8.95. The van der Waals surface area contributed by atoms with E-state index in [4.69, 9.17) is 0 Å². The van der Waals surface area contributed by atoms with Gasteiger partial charge in [-0.05, 0) is 46.6 Å². The summed E-state index contributed by atoms with van der Waals surface area (Å²) in [4.78, 5) is 17.8. The number of likely N-dealkylation sites (tertiary alicyclic amines) is 1. The molecule has 1 saturated heterocycles. The van der Waals surface area contributed by atoms with Crippen molar-refractivity contribution in [3.8, 4) is 0 Å². The summed E-state index contributed by atoms with van der Waals surface area (Å²) in [6.45, 7) is 7.55. The number of imidazole rings is 1. The van der Waals surface area contributed by atoms with Crippen molar-refractivity contribution in [3.63, 3.8) is 0 Å². The van der Waals surface area contributed by atoms with Crippen molar-refractivity contribution in [3.05, 3.63) is 18.2 Å². The first-order valence-electron chi connectivity index (χ1n) is 6.94. The van der Waals surface area contributed by atoms with E-state index in [1.807, 2.05) is 19.4 Å². The van der Waals surface area contributed by atoms with E-state index in [1.165, 1.54) is 0 Å². The molecule has 1 aromatic rings. The molecule has 2 heterocycles. The van der Waals surface area contributed by atoms with Gasteiger partial charge in [-0.1, -0.05) is 0 Å². The van der Waals surface area contributed by atoms with E-state index in [9.17, 15) is 9.90 Å². The minimum Gasteiger partial charge on any atom is -0.480 e. The van der Waals surface area contributed by atoms with Crippen molar-refractivity contribution in [2.75, 3.05) is 6.54 Å². The van der Waals surface area contributed by atoms with Crippen molar-refractivity contribution >= 4 is 5.97 Å². The van der Waals surface area contributed by atoms with Crippen LogP contribution in [0.5, 0.6) is 0 Å². The zero-order valence-corrected chi connectivity index (χ0v) is 12.0. The third kappa shape index (κ3) is 2.66. The Morgan fingerprint density at radius 2 is 2.26 bits per heavy atom. The van der Waals surface area contributed by atoms with Crippen LogP contribution in [0, 0.1) is 0 Å². The van der Waals surface area contributed by atoms with E-state index >= 15 is 0 Å². The molecule has 1 aromatic heterocycles. The topological polar surface area (TPSA) is 58.4 Å². The zero-order valence-electron chi connectivity index (χ0n) is 12.0. The van der Waals surface area contributed by atoms with Crippen LogP contribution in [0.3, 0.4) is 0 Å². The Hall–Kier alpha value is -1.36. The van der Waals surface area contributed by atoms with Crippen molar-refractivity contribution in [2.24, 2.45) is 0 Å². The van der Waals surface area contributed by atoms with Gasteiger partial charge < -0.3 is 9.67 Å². The van der Waals surface area contributed by atoms with Gasteiger partial charge in [0.1, 0.15) is 5.54 Å². The van der Waals surface area contributed by atoms with Gasteiger partial charge in [0, 0.05) is 18.8 Å². The maximum absolute atomic E-state index is 11.6. The molecule has 0 radical (unpaired) electrons. The Kier molecular flexibility index (Phi) is 3.94. The molecule has 0 bridgehead atoms. The van der Waals surface area contributed by atoms with Crippen molar-refractivity contribution in [1.29, 1.82) is 0 Å². The molecule has 5 nitrogen and oxygen atoms in total. The number of aliphatic carboxylic acids is 1. The lowest BCUT2D eigenvalue weighted by atomic mass is 9.88. The minimum absolute atomic E-state index is 0.346. The van der Waals surface area contributed by atoms with Crippen LogP contribution >= 0.6 is 0 Å². The molecule has 0 aromatic carbocycles. The molecule has 1 N–H and O–H groups in total. The van der Waals surface area contributed by atoms with Crippen LogP contribution < -0.4 is 0 Å². The standard InChI is InChI=1S/C14H23N3O2/c1-11(2)17-10-15-8-12(17)9-16-7-5-4-6-14(16,3)13(18)19/h8,10-11H,4-7,9H2,1-3H3,(H,18,19). The fourth-order valence-corrected chi connectivity index (χ4v) is 2.79. The molecule has 0 saturated carbocycles. The summed E-state index contributed by atoms with van der Waals surface area (Å²) < 4.78 is 2.11. The number of nitrogens with zero attached hydrogens (tertiary/aromatic N) is 3. The highest BCUT2D eigenvalue weighted by atomic mass is 16.4. The molecule has 0 aliphatic carbocycles. The molecule has 0 amide bonds. The third-order valence-corrected chi connectivity index (χ3v) is 4.16. The lowest BCUT2D eigenvalue weighted by Crippen LogP contribution is -2.54. The molecule has 5 heteroatoms. The van der Waals surface area contributed by atoms with Gasteiger partial charge in [-0.15, -0.1) is 0 Å². The largest absolute Gasteiger partial charge is 0.480 e. The predicted molar refractivity (Wildman–Crippen MR) is 72.9 cm³/mol. The van der Waals surface area contributed by atoms with Gasteiger partial charge >= 0.3 is 5.97 Å². The number of aromatic nitrogens is 2. The maximum Gasteiger partial charge on any atom is 0.323 e. The molecule has 1 aliphatic heterocycles. The highest BCUT2D eigenvalue weighted by Gasteiger charge is 2.41. The molecule has 0 spiro atoms. The monoisotopic (exact) mass is 265 g/mol. The summed E-state index contributed by atoms with van der Waals surface area (Å²) in [7, 11) is 0. The molecule has 2 rings (SSSR count). The van der Waals surface area contributed by atoms with Crippen LogP contribution in [0.25, 0.3) is 0 Å². The summed E-state index contributed by atoms with van der Waals surface area (Å²) >= 11 is 0. The van der Waals surface area contributed by atoms with Crippen LogP contribution in [0.15, 0.2) is 12.5 Å². The summed E-state index contributed by atoms with van der Waals surface area (Å²) in [6.07, 6.45) is 6.44. The second-order valence-electron chi connectivity index (χ2n) is 5.84. The zero-order chi connectivity index (χ0) is 14.0. The maximum atomic E-state index is 11.6. The van der Waals surface area contributed by atoms with Gasteiger partial charge in [-0.25, -0.2) is 4.98 Å². The smallest absolute Gasteiger partial charge is 0.323 e. The molecule has 1 aliphatic rings. The fraction of sp³-hybridized carbons (Fsp3) is 0.714. The normalized spacial score (nSPS) is 24.8. The van der Waals surface area contributed by atoms with E-state index < -0.39 is 11.5 Å². The SMILES string of the molecule is CC(C)n1cncc1CN1CCCCC1(C)C(=O)O. The molecule has 106 valence electrons. The van der Waals surface area contributed by atoms with Crippen LogP contribution in [0.2, 0.25) is 0 Å². The number of piperidine rings is 1. The second-order valence-corrected chi connectivity index (χ2v) is 5.84. The molecule has 1 atom stereocenters. The van der Waals surface area contributed by atoms with Crippen molar-refractivity contribution in [2.45, 2.75) is 58.2 Å². The Balaban J connectivity index is 2.20. The Labute approximate surface area is 114 Å². The molecule has 1 unspecified atom stereocenters. The van der Waals surface area contributed by atoms with Crippen LogP contribution in [0.1, 0.15) is 51.8 Å². The highest BCUT2D eigenvalue weighted by molar-refractivity contribution is 5.78. The van der Waals surface area contributed by atoms with E-state index in [0.29, 0.717) is 12.6 Å². The van der Waals surface area contributed by atoms with Crippen LogP contribution in [-0.2, 0) is 11.3 Å². The Morgan fingerprint density at radius 3 is 2.89 bits per heavy atom. The Morgan fingerprint density at radius 1 is 1.53 bits per heavy atom. The summed E-state index contributed by atoms with van der Waals surface area (Å²) in [5.74, 6) is -0.720. The molecule has 19 heavy (non-hydrogen) atoms. The summed E-state index contributed by atoms with van der Waals surface area (Å²) in [5, 5.41) is 9.51. The lowest BCUT2D eigenvalue weighted by molar-refractivity contribution is -0.153.